The molecule has 0 saturated carbocycles. The van der Waals surface area contributed by atoms with Crippen molar-refractivity contribution >= 4 is 27.8 Å². The lowest BCUT2D eigenvalue weighted by Gasteiger charge is -2.11. The Balaban J connectivity index is 1.73. The molecule has 0 saturated heterocycles. The zero-order valence-electron chi connectivity index (χ0n) is 13.9. The van der Waals surface area contributed by atoms with Crippen molar-refractivity contribution in [1.29, 1.82) is 0 Å². The lowest BCUT2D eigenvalue weighted by Crippen LogP contribution is -2.00. The highest BCUT2D eigenvalue weighted by Gasteiger charge is 2.05. The minimum absolute atomic E-state index is 0.529. The Bertz CT molecular complexity index is 863. The fourth-order valence-electron chi connectivity index (χ4n) is 2.37. The van der Waals surface area contributed by atoms with E-state index in [4.69, 9.17) is 4.74 Å². The highest BCUT2D eigenvalue weighted by atomic mass is 79.9. The molecule has 25 heavy (non-hydrogen) atoms. The highest BCUT2D eigenvalue weighted by molar-refractivity contribution is 9.10. The number of anilines is 1. The third-order valence-corrected chi connectivity index (χ3v) is 4.28. The molecule has 3 aromatic rings. The van der Waals surface area contributed by atoms with Crippen molar-refractivity contribution in [2.75, 3.05) is 5.43 Å². The lowest BCUT2D eigenvalue weighted by molar-refractivity contribution is 0.305. The van der Waals surface area contributed by atoms with Gasteiger partial charge in [0, 0.05) is 10.0 Å². The average Bonchev–Trinajstić information content (AvgIpc) is 2.63. The van der Waals surface area contributed by atoms with Crippen molar-refractivity contribution in [2.24, 2.45) is 5.10 Å². The predicted molar refractivity (Wildman–Crippen MR) is 107 cm³/mol. The number of hydrogen-bond acceptors (Lipinski definition) is 3. The Kier molecular flexibility index (Phi) is 5.86. The number of nitrogens with zero attached hydrogens (tertiary/aromatic N) is 1. The second-order valence-corrected chi connectivity index (χ2v) is 6.55. The highest BCUT2D eigenvalue weighted by Crippen LogP contribution is 2.23. The molecule has 3 aromatic carbocycles. The summed E-state index contributed by atoms with van der Waals surface area (Å²) in [6.07, 6.45) is 1.77. The molecular weight excluding hydrogens is 376 g/mol. The topological polar surface area (TPSA) is 33.6 Å². The van der Waals surface area contributed by atoms with Crippen LogP contribution in [0.3, 0.4) is 0 Å². The summed E-state index contributed by atoms with van der Waals surface area (Å²) < 4.78 is 7.01. The van der Waals surface area contributed by atoms with Gasteiger partial charge in [0.1, 0.15) is 12.4 Å². The third kappa shape index (κ3) is 4.94. The first kappa shape index (κ1) is 17.2. The maximum atomic E-state index is 6.02. The van der Waals surface area contributed by atoms with Crippen LogP contribution in [-0.2, 0) is 6.61 Å². The van der Waals surface area contributed by atoms with Crippen molar-refractivity contribution < 1.29 is 4.74 Å². The molecule has 0 fully saturated rings. The molecule has 4 heteroatoms. The standard InChI is InChI=1S/C21H19BrN2O/c1-16-7-5-6-8-17(16)15-25-21-12-11-19(22)13-18(21)14-23-24-20-9-3-2-4-10-20/h2-14,24H,15H2,1H3. The van der Waals surface area contributed by atoms with Crippen LogP contribution in [0.4, 0.5) is 5.69 Å². The number of halogens is 1. The second-order valence-electron chi connectivity index (χ2n) is 5.63. The van der Waals surface area contributed by atoms with Crippen LogP contribution in [0.1, 0.15) is 16.7 Å². The van der Waals surface area contributed by atoms with E-state index in [1.54, 1.807) is 6.21 Å². The number of nitrogens with one attached hydrogen (secondary N) is 1. The molecule has 0 heterocycles. The van der Waals surface area contributed by atoms with E-state index >= 15 is 0 Å². The van der Waals surface area contributed by atoms with Gasteiger partial charge < -0.3 is 4.74 Å². The summed E-state index contributed by atoms with van der Waals surface area (Å²) in [6, 6.07) is 24.0. The Morgan fingerprint density at radius 2 is 1.76 bits per heavy atom. The first-order valence-corrected chi connectivity index (χ1v) is 8.82. The van der Waals surface area contributed by atoms with E-state index < -0.39 is 0 Å². The van der Waals surface area contributed by atoms with Gasteiger partial charge in [-0.1, -0.05) is 58.4 Å². The van der Waals surface area contributed by atoms with Gasteiger partial charge >= 0.3 is 0 Å². The van der Waals surface area contributed by atoms with Gasteiger partial charge in [0.05, 0.1) is 11.9 Å². The van der Waals surface area contributed by atoms with Crippen LogP contribution < -0.4 is 10.2 Å². The zero-order chi connectivity index (χ0) is 17.5. The van der Waals surface area contributed by atoms with Gasteiger partial charge in [-0.2, -0.15) is 5.10 Å². The largest absolute Gasteiger partial charge is 0.488 e. The van der Waals surface area contributed by atoms with Gasteiger partial charge in [-0.3, -0.25) is 5.43 Å². The SMILES string of the molecule is Cc1ccccc1COc1ccc(Br)cc1C=NNc1ccccc1. The van der Waals surface area contributed by atoms with Gasteiger partial charge in [0.25, 0.3) is 0 Å². The quantitative estimate of drug-likeness (QED) is 0.424. The molecule has 0 aliphatic rings. The van der Waals surface area contributed by atoms with Gasteiger partial charge in [0.2, 0.25) is 0 Å². The average molecular weight is 395 g/mol. The van der Waals surface area contributed by atoms with Crippen LogP contribution in [0.25, 0.3) is 0 Å². The minimum Gasteiger partial charge on any atom is -0.488 e. The van der Waals surface area contributed by atoms with E-state index in [0.29, 0.717) is 6.61 Å². The van der Waals surface area contributed by atoms with Crippen LogP contribution in [-0.4, -0.2) is 6.21 Å². The van der Waals surface area contributed by atoms with E-state index in [1.807, 2.05) is 60.7 Å². The minimum atomic E-state index is 0.529. The summed E-state index contributed by atoms with van der Waals surface area (Å²) in [6.45, 7) is 2.62. The fourth-order valence-corrected chi connectivity index (χ4v) is 2.75. The van der Waals surface area contributed by atoms with E-state index in [9.17, 15) is 0 Å². The molecule has 0 spiro atoms. The van der Waals surface area contributed by atoms with Crippen LogP contribution in [0.5, 0.6) is 5.75 Å². The van der Waals surface area contributed by atoms with E-state index in [0.717, 1.165) is 21.5 Å². The van der Waals surface area contributed by atoms with Crippen molar-refractivity contribution in [3.63, 3.8) is 0 Å². The third-order valence-electron chi connectivity index (χ3n) is 3.79. The number of hydrogen-bond donors (Lipinski definition) is 1. The van der Waals surface area contributed by atoms with Gasteiger partial charge in [-0.25, -0.2) is 0 Å². The molecule has 0 unspecified atom stereocenters. The smallest absolute Gasteiger partial charge is 0.128 e. The van der Waals surface area contributed by atoms with Gasteiger partial charge in [-0.15, -0.1) is 0 Å². The summed E-state index contributed by atoms with van der Waals surface area (Å²) in [5.74, 6) is 0.796. The number of benzene rings is 3. The number of hydrazone groups is 1. The molecule has 3 nitrogen and oxygen atoms in total. The molecule has 126 valence electrons. The van der Waals surface area contributed by atoms with Crippen molar-refractivity contribution in [1.82, 2.24) is 0 Å². The lowest BCUT2D eigenvalue weighted by atomic mass is 10.1. The monoisotopic (exact) mass is 394 g/mol. The molecular formula is C21H19BrN2O. The van der Waals surface area contributed by atoms with Crippen molar-refractivity contribution in [2.45, 2.75) is 13.5 Å². The molecule has 0 aliphatic carbocycles. The summed E-state index contributed by atoms with van der Waals surface area (Å²) in [5.41, 5.74) is 7.27. The molecule has 0 bridgehead atoms. The van der Waals surface area contributed by atoms with Crippen LogP contribution in [0.2, 0.25) is 0 Å². The molecule has 0 aromatic heterocycles. The number of para-hydroxylation sites is 1. The summed E-state index contributed by atoms with van der Waals surface area (Å²) >= 11 is 3.50. The second kappa shape index (κ2) is 8.49. The Hall–Kier alpha value is -2.59. The molecule has 0 atom stereocenters. The predicted octanol–water partition coefficient (Wildman–Crippen LogP) is 5.78. The van der Waals surface area contributed by atoms with Crippen LogP contribution >= 0.6 is 15.9 Å². The summed E-state index contributed by atoms with van der Waals surface area (Å²) in [5, 5.41) is 4.31. The fraction of sp³-hybridized carbons (Fsp3) is 0.0952. The van der Waals surface area contributed by atoms with Crippen LogP contribution in [0, 0.1) is 6.92 Å². The van der Waals surface area contributed by atoms with E-state index in [2.05, 4.69) is 45.5 Å². The maximum Gasteiger partial charge on any atom is 0.128 e. The number of aryl methyl sites for hydroxylation is 1. The van der Waals surface area contributed by atoms with Crippen molar-refractivity contribution in [3.8, 4) is 5.75 Å². The summed E-state index contributed by atoms with van der Waals surface area (Å²) in [4.78, 5) is 0. The number of ether oxygens (including phenoxy) is 1. The molecule has 3 rings (SSSR count). The van der Waals surface area contributed by atoms with Crippen LogP contribution in [0.15, 0.2) is 82.4 Å². The first-order valence-electron chi connectivity index (χ1n) is 8.03. The molecule has 0 aliphatic heterocycles. The molecule has 0 radical (unpaired) electrons. The van der Waals surface area contributed by atoms with Gasteiger partial charge in [-0.05, 0) is 48.4 Å². The van der Waals surface area contributed by atoms with Gasteiger partial charge in [0.15, 0.2) is 0 Å². The zero-order valence-corrected chi connectivity index (χ0v) is 15.5. The Morgan fingerprint density at radius 3 is 2.56 bits per heavy atom. The summed E-state index contributed by atoms with van der Waals surface area (Å²) in [7, 11) is 0. The first-order chi connectivity index (χ1) is 12.2. The van der Waals surface area contributed by atoms with Crippen molar-refractivity contribution in [3.05, 3.63) is 94.0 Å². The van der Waals surface area contributed by atoms with E-state index in [-0.39, 0.29) is 0 Å². The van der Waals surface area contributed by atoms with E-state index in [1.165, 1.54) is 11.1 Å². The normalized spacial score (nSPS) is 10.8. The maximum absolute atomic E-state index is 6.02. The number of rotatable bonds is 6. The Labute approximate surface area is 156 Å². The molecule has 0 amide bonds. The Morgan fingerprint density at radius 1 is 1.00 bits per heavy atom. The molecule has 1 N–H and O–H groups in total.